The molecule has 190 valence electrons. The summed E-state index contributed by atoms with van der Waals surface area (Å²) in [6.45, 7) is 0.604. The molecule has 1 N–H and O–H groups in total. The molecule has 2 fully saturated rings. The standard InChI is InChI=1S/C29H32N6O2/c1-33(2)29(20-8-5-4-6-9-20)14-12-28(13-15-29)19-35(27(37)32-28)21-17-30-26(31-18-21)22-10-7-11-24-23(22)16-25(36)34(24)3/h4-11,17-18H,12-16,19H2,1-3H3,(H,32,37). The number of nitrogens with zero attached hydrogens (tertiary/aromatic N) is 5. The van der Waals surface area contributed by atoms with E-state index in [1.165, 1.54) is 5.56 Å². The van der Waals surface area contributed by atoms with Crippen LogP contribution in [0.4, 0.5) is 16.2 Å². The number of carbonyl (C=O) groups excluding carboxylic acids is 2. The van der Waals surface area contributed by atoms with Gasteiger partial charge in [-0.2, -0.15) is 0 Å². The predicted molar refractivity (Wildman–Crippen MR) is 143 cm³/mol. The van der Waals surface area contributed by atoms with E-state index in [1.807, 2.05) is 18.2 Å². The molecule has 0 radical (unpaired) electrons. The number of amides is 3. The van der Waals surface area contributed by atoms with Crippen molar-refractivity contribution in [3.8, 4) is 11.4 Å². The van der Waals surface area contributed by atoms with E-state index in [0.29, 0.717) is 24.5 Å². The highest BCUT2D eigenvalue weighted by Crippen LogP contribution is 2.46. The zero-order valence-electron chi connectivity index (χ0n) is 21.6. The van der Waals surface area contributed by atoms with Gasteiger partial charge in [0.2, 0.25) is 5.91 Å². The third-order valence-corrected chi connectivity index (χ3v) is 8.69. The van der Waals surface area contributed by atoms with Gasteiger partial charge >= 0.3 is 6.03 Å². The number of carbonyl (C=O) groups is 2. The Bertz CT molecular complexity index is 1350. The minimum Gasteiger partial charge on any atom is -0.330 e. The van der Waals surface area contributed by atoms with Crippen LogP contribution in [-0.4, -0.2) is 60.0 Å². The Morgan fingerprint density at radius 2 is 1.62 bits per heavy atom. The lowest BCUT2D eigenvalue weighted by atomic mass is 9.69. The summed E-state index contributed by atoms with van der Waals surface area (Å²) in [6, 6.07) is 16.4. The number of anilines is 2. The number of aromatic nitrogens is 2. The fraction of sp³-hybridized carbons (Fsp3) is 0.379. The Morgan fingerprint density at radius 3 is 2.30 bits per heavy atom. The molecule has 3 heterocycles. The van der Waals surface area contributed by atoms with Crippen molar-refractivity contribution < 1.29 is 9.59 Å². The van der Waals surface area contributed by atoms with Crippen molar-refractivity contribution >= 4 is 23.3 Å². The average Bonchev–Trinajstić information content (AvgIpc) is 3.40. The van der Waals surface area contributed by atoms with E-state index in [-0.39, 0.29) is 23.0 Å². The average molecular weight is 497 g/mol. The fourth-order valence-electron chi connectivity index (χ4n) is 6.37. The third kappa shape index (κ3) is 3.78. The van der Waals surface area contributed by atoms with Gasteiger partial charge in [-0.05, 0) is 57.0 Å². The van der Waals surface area contributed by atoms with Gasteiger partial charge in [-0.1, -0.05) is 42.5 Å². The van der Waals surface area contributed by atoms with Crippen LogP contribution in [0, 0.1) is 0 Å². The zero-order chi connectivity index (χ0) is 25.8. The summed E-state index contributed by atoms with van der Waals surface area (Å²) in [6.07, 6.45) is 7.54. The molecule has 8 nitrogen and oxygen atoms in total. The number of urea groups is 1. The first-order valence-corrected chi connectivity index (χ1v) is 12.9. The Hall–Kier alpha value is -3.78. The second-order valence-electron chi connectivity index (χ2n) is 10.8. The van der Waals surface area contributed by atoms with Crippen molar-refractivity contribution in [1.29, 1.82) is 0 Å². The van der Waals surface area contributed by atoms with E-state index in [9.17, 15) is 9.59 Å². The maximum Gasteiger partial charge on any atom is 0.322 e. The molecule has 8 heteroatoms. The Labute approximate surface area is 217 Å². The molecule has 0 bridgehead atoms. The molecule has 3 aromatic rings. The van der Waals surface area contributed by atoms with Crippen LogP contribution in [0.5, 0.6) is 0 Å². The summed E-state index contributed by atoms with van der Waals surface area (Å²) in [5, 5.41) is 3.31. The molecule has 0 unspecified atom stereocenters. The van der Waals surface area contributed by atoms with Gasteiger partial charge in [0.1, 0.15) is 0 Å². The van der Waals surface area contributed by atoms with Crippen LogP contribution in [0.2, 0.25) is 0 Å². The van der Waals surface area contributed by atoms with Crippen molar-refractivity contribution in [1.82, 2.24) is 20.2 Å². The van der Waals surface area contributed by atoms with Crippen LogP contribution >= 0.6 is 0 Å². The maximum absolute atomic E-state index is 13.1. The molecule has 6 rings (SSSR count). The highest BCUT2D eigenvalue weighted by molar-refractivity contribution is 6.03. The van der Waals surface area contributed by atoms with E-state index < -0.39 is 0 Å². The molecule has 0 atom stereocenters. The van der Waals surface area contributed by atoms with E-state index in [4.69, 9.17) is 0 Å². The van der Waals surface area contributed by atoms with Gasteiger partial charge in [0.05, 0.1) is 36.6 Å². The number of hydrogen-bond donors (Lipinski definition) is 1. The molecule has 3 aliphatic rings. The molecule has 1 saturated heterocycles. The van der Waals surface area contributed by atoms with Crippen LogP contribution in [0.25, 0.3) is 11.4 Å². The second-order valence-corrected chi connectivity index (χ2v) is 10.8. The van der Waals surface area contributed by atoms with Gasteiger partial charge in [-0.3, -0.25) is 14.6 Å². The first-order chi connectivity index (χ1) is 17.8. The van der Waals surface area contributed by atoms with Crippen LogP contribution < -0.4 is 15.1 Å². The smallest absolute Gasteiger partial charge is 0.322 e. The van der Waals surface area contributed by atoms with Crippen LogP contribution in [0.15, 0.2) is 60.9 Å². The van der Waals surface area contributed by atoms with Gasteiger partial charge in [0.25, 0.3) is 0 Å². The Balaban J connectivity index is 1.21. The molecule has 1 aliphatic carbocycles. The Kier molecular flexibility index (Phi) is 5.53. The Morgan fingerprint density at radius 1 is 0.919 bits per heavy atom. The topological polar surface area (TPSA) is 81.7 Å². The monoisotopic (exact) mass is 496 g/mol. The number of nitrogens with one attached hydrogen (secondary N) is 1. The van der Waals surface area contributed by atoms with Crippen molar-refractivity contribution in [3.63, 3.8) is 0 Å². The first kappa shape index (κ1) is 23.6. The van der Waals surface area contributed by atoms with Crippen molar-refractivity contribution in [2.24, 2.45) is 0 Å². The van der Waals surface area contributed by atoms with Gasteiger partial charge in [-0.25, -0.2) is 14.8 Å². The van der Waals surface area contributed by atoms with E-state index >= 15 is 0 Å². The second kappa shape index (κ2) is 8.66. The first-order valence-electron chi connectivity index (χ1n) is 12.9. The summed E-state index contributed by atoms with van der Waals surface area (Å²) in [4.78, 5) is 40.3. The molecule has 2 aromatic carbocycles. The number of fused-ring (bicyclic) bond motifs is 1. The number of likely N-dealkylation sites (N-methyl/N-ethyl adjacent to an activating group) is 1. The highest BCUT2D eigenvalue weighted by Gasteiger charge is 2.50. The summed E-state index contributed by atoms with van der Waals surface area (Å²) in [5.74, 6) is 0.630. The molecular formula is C29H32N6O2. The lowest BCUT2D eigenvalue weighted by Crippen LogP contribution is -2.54. The third-order valence-electron chi connectivity index (χ3n) is 8.69. The van der Waals surface area contributed by atoms with Crippen LogP contribution in [-0.2, 0) is 16.8 Å². The zero-order valence-corrected chi connectivity index (χ0v) is 21.6. The fourth-order valence-corrected chi connectivity index (χ4v) is 6.37. The molecule has 1 aromatic heterocycles. The van der Waals surface area contributed by atoms with Gasteiger partial charge in [0.15, 0.2) is 5.82 Å². The lowest BCUT2D eigenvalue weighted by Gasteiger charge is -2.48. The highest BCUT2D eigenvalue weighted by atomic mass is 16.2. The quantitative estimate of drug-likeness (QED) is 0.591. The molecular weight excluding hydrogens is 464 g/mol. The minimum atomic E-state index is -0.255. The molecule has 2 aliphatic heterocycles. The van der Waals surface area contributed by atoms with Gasteiger partial charge in [-0.15, -0.1) is 0 Å². The SMILES string of the molecule is CN1C(=O)Cc2c(-c3ncc(N4CC5(CCC(c6ccccc6)(N(C)C)CC5)NC4=O)cn3)cccc21. The van der Waals surface area contributed by atoms with E-state index in [0.717, 1.165) is 42.5 Å². The normalized spacial score (nSPS) is 25.2. The van der Waals surface area contributed by atoms with E-state index in [1.54, 1.807) is 29.2 Å². The molecule has 37 heavy (non-hydrogen) atoms. The molecule has 3 amide bonds. The molecule has 1 saturated carbocycles. The van der Waals surface area contributed by atoms with Crippen molar-refractivity contribution in [2.45, 2.75) is 43.2 Å². The van der Waals surface area contributed by atoms with Crippen molar-refractivity contribution in [3.05, 3.63) is 72.1 Å². The van der Waals surface area contributed by atoms with Crippen LogP contribution in [0.1, 0.15) is 36.8 Å². The van der Waals surface area contributed by atoms with Crippen LogP contribution in [0.3, 0.4) is 0 Å². The lowest BCUT2D eigenvalue weighted by molar-refractivity contribution is -0.117. The predicted octanol–water partition coefficient (Wildman–Crippen LogP) is 3.96. The van der Waals surface area contributed by atoms with Crippen molar-refractivity contribution in [2.75, 3.05) is 37.5 Å². The summed E-state index contributed by atoms with van der Waals surface area (Å²) in [5.41, 5.74) is 4.45. The van der Waals surface area contributed by atoms with E-state index in [2.05, 4.69) is 64.6 Å². The molecule has 1 spiro atoms. The summed E-state index contributed by atoms with van der Waals surface area (Å²) >= 11 is 0. The van der Waals surface area contributed by atoms with Gasteiger partial charge < -0.3 is 10.2 Å². The van der Waals surface area contributed by atoms with Gasteiger partial charge in [0, 0.05) is 23.8 Å². The maximum atomic E-state index is 13.1. The summed E-state index contributed by atoms with van der Waals surface area (Å²) in [7, 11) is 6.09. The minimum absolute atomic E-state index is 0.0270. The largest absolute Gasteiger partial charge is 0.330 e. The summed E-state index contributed by atoms with van der Waals surface area (Å²) < 4.78 is 0. The number of benzene rings is 2. The number of rotatable bonds is 4. The number of hydrogen-bond acceptors (Lipinski definition) is 5.